The van der Waals surface area contributed by atoms with Crippen LogP contribution in [-0.4, -0.2) is 30.7 Å². The Bertz CT molecular complexity index is 698. The lowest BCUT2D eigenvalue weighted by Gasteiger charge is -2.15. The maximum atomic E-state index is 12.0. The molecule has 0 unspecified atom stereocenters. The number of nitrogens with zero attached hydrogens (tertiary/aromatic N) is 1. The van der Waals surface area contributed by atoms with Gasteiger partial charge >= 0.3 is 0 Å². The van der Waals surface area contributed by atoms with Gasteiger partial charge in [0.1, 0.15) is 5.76 Å². The van der Waals surface area contributed by atoms with E-state index in [1.807, 2.05) is 36.4 Å². The maximum absolute atomic E-state index is 12.0. The molecule has 3 rings (SSSR count). The van der Waals surface area contributed by atoms with Crippen molar-refractivity contribution in [2.24, 2.45) is 0 Å². The van der Waals surface area contributed by atoms with E-state index >= 15 is 0 Å². The molecule has 2 heterocycles. The van der Waals surface area contributed by atoms with E-state index in [-0.39, 0.29) is 11.8 Å². The molecule has 0 aliphatic carbocycles. The summed E-state index contributed by atoms with van der Waals surface area (Å²) in [6.07, 6.45) is 3.57. The monoisotopic (exact) mass is 358 g/mol. The predicted molar refractivity (Wildman–Crippen MR) is 99.6 cm³/mol. The van der Waals surface area contributed by atoms with E-state index in [1.54, 1.807) is 22.9 Å². The van der Waals surface area contributed by atoms with Crippen molar-refractivity contribution in [3.05, 3.63) is 54.0 Å². The van der Waals surface area contributed by atoms with Gasteiger partial charge in [0.15, 0.2) is 0 Å². The third-order valence-electron chi connectivity index (χ3n) is 4.08. The number of thioether (sulfide) groups is 1. The van der Waals surface area contributed by atoms with Crippen LogP contribution in [0.4, 0.5) is 5.69 Å². The number of rotatable bonds is 8. The molecule has 6 heteroatoms. The maximum Gasteiger partial charge on any atom is 0.227 e. The molecule has 1 saturated heterocycles. The van der Waals surface area contributed by atoms with Crippen molar-refractivity contribution in [3.63, 3.8) is 0 Å². The Labute approximate surface area is 151 Å². The average Bonchev–Trinajstić information content (AvgIpc) is 3.27. The lowest BCUT2D eigenvalue weighted by Crippen LogP contribution is -2.27. The van der Waals surface area contributed by atoms with Gasteiger partial charge < -0.3 is 14.6 Å². The molecule has 25 heavy (non-hydrogen) atoms. The van der Waals surface area contributed by atoms with Crippen molar-refractivity contribution in [3.8, 4) is 0 Å². The van der Waals surface area contributed by atoms with Crippen LogP contribution in [0.1, 0.15) is 24.2 Å². The van der Waals surface area contributed by atoms with Crippen LogP contribution in [0.3, 0.4) is 0 Å². The zero-order valence-electron chi connectivity index (χ0n) is 14.1. The molecule has 1 fully saturated rings. The molecule has 0 radical (unpaired) electrons. The van der Waals surface area contributed by atoms with Gasteiger partial charge in [0.25, 0.3) is 0 Å². The zero-order chi connectivity index (χ0) is 17.5. The van der Waals surface area contributed by atoms with Crippen molar-refractivity contribution in [1.82, 2.24) is 5.32 Å². The first-order chi connectivity index (χ1) is 12.2. The minimum atomic E-state index is 0.0172. The summed E-state index contributed by atoms with van der Waals surface area (Å²) in [5, 5.41) is 2.93. The second-order valence-corrected chi connectivity index (χ2v) is 7.08. The number of carbonyl (C=O) groups excluding carboxylic acids is 2. The number of carbonyl (C=O) groups is 2. The van der Waals surface area contributed by atoms with Gasteiger partial charge in [0.2, 0.25) is 11.8 Å². The molecule has 1 aliphatic heterocycles. The Balaban J connectivity index is 1.36. The first-order valence-electron chi connectivity index (χ1n) is 8.48. The third kappa shape index (κ3) is 5.13. The number of amides is 2. The highest BCUT2D eigenvalue weighted by molar-refractivity contribution is 7.98. The number of anilines is 1. The van der Waals surface area contributed by atoms with E-state index in [4.69, 9.17) is 4.42 Å². The Morgan fingerprint density at radius 3 is 2.76 bits per heavy atom. The van der Waals surface area contributed by atoms with Crippen LogP contribution in [0.15, 0.2) is 47.1 Å². The Hall–Kier alpha value is -2.21. The first kappa shape index (κ1) is 17.6. The SMILES string of the molecule is O=C(Cc1ccc(N2CCCC2=O)cc1)NCCSCc1ccco1. The molecule has 2 amide bonds. The summed E-state index contributed by atoms with van der Waals surface area (Å²) in [4.78, 5) is 25.5. The molecule has 132 valence electrons. The fourth-order valence-electron chi connectivity index (χ4n) is 2.79. The Morgan fingerprint density at radius 1 is 1.24 bits per heavy atom. The lowest BCUT2D eigenvalue weighted by atomic mass is 10.1. The van der Waals surface area contributed by atoms with Crippen LogP contribution in [0.25, 0.3) is 0 Å². The van der Waals surface area contributed by atoms with Crippen molar-refractivity contribution in [2.45, 2.75) is 25.0 Å². The molecular formula is C19H22N2O3S. The summed E-state index contributed by atoms with van der Waals surface area (Å²) in [5.41, 5.74) is 1.87. The van der Waals surface area contributed by atoms with E-state index in [2.05, 4.69) is 5.32 Å². The minimum absolute atomic E-state index is 0.0172. The summed E-state index contributed by atoms with van der Waals surface area (Å²) in [6.45, 7) is 1.43. The molecular weight excluding hydrogens is 336 g/mol. The number of benzene rings is 1. The molecule has 1 N–H and O–H groups in total. The minimum Gasteiger partial charge on any atom is -0.468 e. The highest BCUT2D eigenvalue weighted by Gasteiger charge is 2.21. The summed E-state index contributed by atoms with van der Waals surface area (Å²) >= 11 is 1.73. The van der Waals surface area contributed by atoms with Crippen LogP contribution in [0.2, 0.25) is 0 Å². The van der Waals surface area contributed by atoms with Crippen LogP contribution in [-0.2, 0) is 21.8 Å². The average molecular weight is 358 g/mol. The Morgan fingerprint density at radius 2 is 2.08 bits per heavy atom. The molecule has 2 aromatic rings. The molecule has 1 aromatic carbocycles. The molecule has 0 saturated carbocycles. The van der Waals surface area contributed by atoms with Gasteiger partial charge in [-0.3, -0.25) is 9.59 Å². The highest BCUT2D eigenvalue weighted by atomic mass is 32.2. The third-order valence-corrected chi connectivity index (χ3v) is 5.06. The molecule has 1 aliphatic rings. The lowest BCUT2D eigenvalue weighted by molar-refractivity contribution is -0.120. The van der Waals surface area contributed by atoms with Crippen LogP contribution in [0.5, 0.6) is 0 Å². The zero-order valence-corrected chi connectivity index (χ0v) is 14.9. The topological polar surface area (TPSA) is 62.6 Å². The summed E-state index contributed by atoms with van der Waals surface area (Å²) in [7, 11) is 0. The van der Waals surface area contributed by atoms with Crippen LogP contribution >= 0.6 is 11.8 Å². The van der Waals surface area contributed by atoms with Crippen LogP contribution < -0.4 is 10.2 Å². The van der Waals surface area contributed by atoms with Gasteiger partial charge in [-0.25, -0.2) is 0 Å². The molecule has 5 nitrogen and oxygen atoms in total. The highest BCUT2D eigenvalue weighted by Crippen LogP contribution is 2.21. The Kier molecular flexibility index (Phi) is 6.17. The number of hydrogen-bond donors (Lipinski definition) is 1. The molecule has 1 aromatic heterocycles. The predicted octanol–water partition coefficient (Wildman–Crippen LogP) is 3.00. The fraction of sp³-hybridized carbons (Fsp3) is 0.368. The summed E-state index contributed by atoms with van der Waals surface area (Å²) < 4.78 is 5.26. The van der Waals surface area contributed by atoms with Crippen molar-refractivity contribution in [2.75, 3.05) is 23.7 Å². The summed E-state index contributed by atoms with van der Waals surface area (Å²) in [6, 6.07) is 11.5. The van der Waals surface area contributed by atoms with Crippen molar-refractivity contribution < 1.29 is 14.0 Å². The standard InChI is InChI=1S/C19H22N2O3S/c22-18(20-9-12-25-14-17-3-2-11-24-17)13-15-5-7-16(8-6-15)21-10-1-4-19(21)23/h2-3,5-8,11H,1,4,9-10,12-14H2,(H,20,22). The van der Waals surface area contributed by atoms with Gasteiger partial charge in [-0.05, 0) is 36.2 Å². The van der Waals surface area contributed by atoms with Gasteiger partial charge in [-0.2, -0.15) is 11.8 Å². The number of nitrogens with one attached hydrogen (secondary N) is 1. The quantitative estimate of drug-likeness (QED) is 0.737. The van der Waals surface area contributed by atoms with Crippen molar-refractivity contribution >= 4 is 29.3 Å². The summed E-state index contributed by atoms with van der Waals surface area (Å²) in [5.74, 6) is 2.82. The van der Waals surface area contributed by atoms with E-state index in [9.17, 15) is 9.59 Å². The van der Waals surface area contributed by atoms with E-state index < -0.39 is 0 Å². The van der Waals surface area contributed by atoms with Gasteiger partial charge in [-0.1, -0.05) is 12.1 Å². The van der Waals surface area contributed by atoms with E-state index in [0.29, 0.717) is 19.4 Å². The molecule has 0 bridgehead atoms. The van der Waals surface area contributed by atoms with E-state index in [1.165, 1.54) is 0 Å². The number of hydrogen-bond acceptors (Lipinski definition) is 4. The van der Waals surface area contributed by atoms with Gasteiger partial charge in [-0.15, -0.1) is 0 Å². The van der Waals surface area contributed by atoms with Gasteiger partial charge in [0, 0.05) is 31.0 Å². The van der Waals surface area contributed by atoms with Gasteiger partial charge in [0.05, 0.1) is 18.4 Å². The van der Waals surface area contributed by atoms with Crippen molar-refractivity contribution in [1.29, 1.82) is 0 Å². The fourth-order valence-corrected chi connectivity index (χ4v) is 3.55. The second kappa shape index (κ2) is 8.76. The molecule has 0 spiro atoms. The molecule has 0 atom stereocenters. The normalized spacial score (nSPS) is 14.1. The van der Waals surface area contributed by atoms with E-state index in [0.717, 1.165) is 41.5 Å². The second-order valence-electron chi connectivity index (χ2n) is 5.97. The number of furan rings is 1. The first-order valence-corrected chi connectivity index (χ1v) is 9.64. The smallest absolute Gasteiger partial charge is 0.227 e. The largest absolute Gasteiger partial charge is 0.468 e. The van der Waals surface area contributed by atoms with Crippen LogP contribution in [0, 0.1) is 0 Å².